The van der Waals surface area contributed by atoms with E-state index in [9.17, 15) is 4.39 Å². The quantitative estimate of drug-likeness (QED) is 0.441. The summed E-state index contributed by atoms with van der Waals surface area (Å²) in [7, 11) is 0. The summed E-state index contributed by atoms with van der Waals surface area (Å²) in [5.41, 5.74) is 2.88. The minimum atomic E-state index is -0.100. The molecule has 1 aromatic rings. The van der Waals surface area contributed by atoms with Crippen LogP contribution in [0.25, 0.3) is 0 Å². The van der Waals surface area contributed by atoms with Crippen LogP contribution in [-0.4, -0.2) is 0 Å². The Morgan fingerprint density at radius 3 is 2.43 bits per heavy atom. The van der Waals surface area contributed by atoms with Crippen molar-refractivity contribution in [3.05, 3.63) is 46.8 Å². The molecule has 2 aliphatic carbocycles. The summed E-state index contributed by atoms with van der Waals surface area (Å²) in [6, 6.07) is 5.50. The summed E-state index contributed by atoms with van der Waals surface area (Å²) in [5, 5.41) is 0. The van der Waals surface area contributed by atoms with Crippen molar-refractivity contribution in [3.8, 4) is 11.8 Å². The average molecular weight is 381 g/mol. The Bertz CT molecular complexity index is 710. The van der Waals surface area contributed by atoms with Crippen LogP contribution in [0.4, 0.5) is 4.39 Å². The number of aryl methyl sites for hydroxylation is 1. The van der Waals surface area contributed by atoms with Gasteiger partial charge < -0.3 is 0 Å². The molecule has 0 aliphatic heterocycles. The average Bonchev–Trinajstić information content (AvgIpc) is 2.73. The third-order valence-corrected chi connectivity index (χ3v) is 6.93. The van der Waals surface area contributed by atoms with E-state index in [1.165, 1.54) is 56.9 Å². The predicted molar refractivity (Wildman–Crippen MR) is 118 cm³/mol. The molecule has 0 saturated heterocycles. The van der Waals surface area contributed by atoms with Crippen LogP contribution >= 0.6 is 0 Å². The molecule has 0 nitrogen and oxygen atoms in total. The van der Waals surface area contributed by atoms with Crippen molar-refractivity contribution in [2.24, 2.45) is 17.8 Å². The van der Waals surface area contributed by atoms with Gasteiger partial charge in [-0.25, -0.2) is 4.39 Å². The predicted octanol–water partition coefficient (Wildman–Crippen LogP) is 7.85. The third kappa shape index (κ3) is 5.97. The highest BCUT2D eigenvalue weighted by Crippen LogP contribution is 2.40. The maximum Gasteiger partial charge on any atom is 0.127 e. The maximum atomic E-state index is 14.2. The Morgan fingerprint density at radius 1 is 0.964 bits per heavy atom. The molecule has 1 fully saturated rings. The molecule has 1 atom stereocenters. The van der Waals surface area contributed by atoms with Gasteiger partial charge in [0.1, 0.15) is 5.82 Å². The Labute approximate surface area is 172 Å². The van der Waals surface area contributed by atoms with Gasteiger partial charge in [-0.05, 0) is 86.0 Å². The number of halogens is 1. The lowest BCUT2D eigenvalue weighted by molar-refractivity contribution is 0.187. The van der Waals surface area contributed by atoms with Gasteiger partial charge in [0.25, 0.3) is 0 Å². The Morgan fingerprint density at radius 2 is 1.79 bits per heavy atom. The number of allylic oxidation sites excluding steroid dienone is 2. The zero-order valence-corrected chi connectivity index (χ0v) is 17.9. The number of rotatable bonds is 6. The molecule has 0 spiro atoms. The van der Waals surface area contributed by atoms with Crippen LogP contribution in [0.15, 0.2) is 29.8 Å². The van der Waals surface area contributed by atoms with Crippen LogP contribution in [0.5, 0.6) is 0 Å². The molecule has 0 amide bonds. The normalized spacial score (nSPS) is 25.0. The lowest BCUT2D eigenvalue weighted by Crippen LogP contribution is -2.23. The van der Waals surface area contributed by atoms with E-state index in [0.29, 0.717) is 0 Å². The van der Waals surface area contributed by atoms with Crippen molar-refractivity contribution in [1.82, 2.24) is 0 Å². The van der Waals surface area contributed by atoms with Crippen molar-refractivity contribution in [2.75, 3.05) is 0 Å². The van der Waals surface area contributed by atoms with Crippen molar-refractivity contribution >= 4 is 0 Å². The van der Waals surface area contributed by atoms with Crippen LogP contribution in [0, 0.1) is 35.4 Å². The van der Waals surface area contributed by atoms with Crippen LogP contribution in [0.3, 0.4) is 0 Å². The standard InChI is InChI=1S/C27H37F/c1-3-5-7-26-19-14-23(20-27(26)28)9-8-22-12-17-25(18-13-22)24-15-10-21(6-4-2)11-16-24/h12,14,19-21,24-25H,3-7,10-11,13,15-18H2,1-2H3. The summed E-state index contributed by atoms with van der Waals surface area (Å²) in [6.45, 7) is 4.45. The summed E-state index contributed by atoms with van der Waals surface area (Å²) >= 11 is 0. The van der Waals surface area contributed by atoms with Gasteiger partial charge in [0.05, 0.1) is 0 Å². The van der Waals surface area contributed by atoms with Gasteiger partial charge >= 0.3 is 0 Å². The summed E-state index contributed by atoms with van der Waals surface area (Å²) in [5.74, 6) is 9.21. The van der Waals surface area contributed by atoms with E-state index < -0.39 is 0 Å². The van der Waals surface area contributed by atoms with Crippen molar-refractivity contribution in [3.63, 3.8) is 0 Å². The van der Waals surface area contributed by atoms with Crippen LogP contribution < -0.4 is 0 Å². The van der Waals surface area contributed by atoms with Gasteiger partial charge in [0.15, 0.2) is 0 Å². The monoisotopic (exact) mass is 380 g/mol. The number of hydrogen-bond donors (Lipinski definition) is 0. The van der Waals surface area contributed by atoms with Gasteiger partial charge in [0, 0.05) is 5.56 Å². The van der Waals surface area contributed by atoms with Gasteiger partial charge in [-0.3, -0.25) is 0 Å². The van der Waals surface area contributed by atoms with E-state index in [1.54, 1.807) is 6.07 Å². The first-order chi connectivity index (χ1) is 13.7. The van der Waals surface area contributed by atoms with E-state index >= 15 is 0 Å². The van der Waals surface area contributed by atoms with Crippen molar-refractivity contribution < 1.29 is 4.39 Å². The smallest absolute Gasteiger partial charge is 0.127 e. The van der Waals surface area contributed by atoms with Crippen molar-refractivity contribution in [2.45, 2.75) is 90.9 Å². The minimum Gasteiger partial charge on any atom is -0.207 e. The van der Waals surface area contributed by atoms with Crippen molar-refractivity contribution in [1.29, 1.82) is 0 Å². The van der Waals surface area contributed by atoms with Crippen LogP contribution in [-0.2, 0) is 6.42 Å². The van der Waals surface area contributed by atoms with E-state index in [-0.39, 0.29) is 5.82 Å². The summed E-state index contributed by atoms with van der Waals surface area (Å²) < 4.78 is 14.2. The first-order valence-electron chi connectivity index (χ1n) is 11.7. The highest BCUT2D eigenvalue weighted by atomic mass is 19.1. The zero-order chi connectivity index (χ0) is 19.8. The van der Waals surface area contributed by atoms with Crippen LogP contribution in [0.1, 0.15) is 95.6 Å². The fourth-order valence-electron chi connectivity index (χ4n) is 5.10. The molecule has 2 aliphatic rings. The van der Waals surface area contributed by atoms with E-state index in [0.717, 1.165) is 54.6 Å². The SMILES string of the molecule is CCCCc1ccc(C#CC2=CCC(C3CCC(CCC)CC3)CC2)cc1F. The molecule has 0 heterocycles. The largest absolute Gasteiger partial charge is 0.207 e. The molecular formula is C27H37F. The molecule has 1 heteroatoms. The first-order valence-corrected chi connectivity index (χ1v) is 11.7. The summed E-state index contributed by atoms with van der Waals surface area (Å²) in [6.07, 6.45) is 17.4. The molecule has 152 valence electrons. The second-order valence-corrected chi connectivity index (χ2v) is 8.99. The molecule has 1 saturated carbocycles. The minimum absolute atomic E-state index is 0.100. The Hall–Kier alpha value is -1.55. The van der Waals surface area contributed by atoms with E-state index in [1.807, 2.05) is 12.1 Å². The molecule has 1 aromatic carbocycles. The maximum absolute atomic E-state index is 14.2. The lowest BCUT2D eigenvalue weighted by atomic mass is 9.71. The highest BCUT2D eigenvalue weighted by molar-refractivity contribution is 5.42. The molecule has 28 heavy (non-hydrogen) atoms. The first kappa shape index (κ1) is 21.2. The molecule has 1 unspecified atom stereocenters. The molecule has 0 bridgehead atoms. The lowest BCUT2D eigenvalue weighted by Gasteiger charge is -2.35. The number of unbranched alkanes of at least 4 members (excludes halogenated alkanes) is 1. The van der Waals surface area contributed by atoms with E-state index in [2.05, 4.69) is 31.8 Å². The van der Waals surface area contributed by atoms with Gasteiger partial charge in [0.2, 0.25) is 0 Å². The topological polar surface area (TPSA) is 0 Å². The second kappa shape index (κ2) is 10.8. The third-order valence-electron chi connectivity index (χ3n) is 6.93. The Balaban J connectivity index is 1.52. The Kier molecular flexibility index (Phi) is 8.20. The van der Waals surface area contributed by atoms with Gasteiger partial charge in [-0.2, -0.15) is 0 Å². The highest BCUT2D eigenvalue weighted by Gasteiger charge is 2.28. The van der Waals surface area contributed by atoms with Gasteiger partial charge in [-0.1, -0.05) is 69.9 Å². The second-order valence-electron chi connectivity index (χ2n) is 8.99. The zero-order valence-electron chi connectivity index (χ0n) is 17.9. The molecule has 0 aromatic heterocycles. The molecular weight excluding hydrogens is 343 g/mol. The van der Waals surface area contributed by atoms with Crippen LogP contribution in [0.2, 0.25) is 0 Å². The number of benzene rings is 1. The molecule has 0 N–H and O–H groups in total. The number of hydrogen-bond acceptors (Lipinski definition) is 0. The summed E-state index contributed by atoms with van der Waals surface area (Å²) in [4.78, 5) is 0. The molecule has 0 radical (unpaired) electrons. The molecule has 3 rings (SSSR count). The fraction of sp³-hybridized carbons (Fsp3) is 0.630. The fourth-order valence-corrected chi connectivity index (χ4v) is 5.10. The van der Waals surface area contributed by atoms with Gasteiger partial charge in [-0.15, -0.1) is 0 Å². The van der Waals surface area contributed by atoms with E-state index in [4.69, 9.17) is 0 Å².